The number of amides is 1. The van der Waals surface area contributed by atoms with E-state index in [1.807, 2.05) is 0 Å². The zero-order valence-electron chi connectivity index (χ0n) is 14.0. The molecule has 0 aliphatic rings. The second-order valence-electron chi connectivity index (χ2n) is 5.31. The van der Waals surface area contributed by atoms with E-state index in [0.717, 1.165) is 0 Å². The van der Waals surface area contributed by atoms with E-state index in [1.54, 1.807) is 44.2 Å². The summed E-state index contributed by atoms with van der Waals surface area (Å²) < 4.78 is 10.0. The van der Waals surface area contributed by atoms with E-state index in [2.05, 4.69) is 5.32 Å². The molecule has 1 aromatic carbocycles. The van der Waals surface area contributed by atoms with E-state index in [9.17, 15) is 19.5 Å². The largest absolute Gasteiger partial charge is 0.480 e. The molecule has 0 radical (unpaired) electrons. The Kier molecular flexibility index (Phi) is 7.91. The van der Waals surface area contributed by atoms with E-state index >= 15 is 0 Å². The van der Waals surface area contributed by atoms with E-state index in [-0.39, 0.29) is 13.0 Å². The van der Waals surface area contributed by atoms with Crippen molar-refractivity contribution in [2.24, 2.45) is 5.92 Å². The number of methoxy groups -OCH3 is 1. The van der Waals surface area contributed by atoms with Crippen LogP contribution in [0.15, 0.2) is 30.3 Å². The van der Waals surface area contributed by atoms with Crippen LogP contribution in [0.3, 0.4) is 0 Å². The molecule has 0 heterocycles. The highest BCUT2D eigenvalue weighted by molar-refractivity contribution is 5.87. The zero-order chi connectivity index (χ0) is 18.1. The number of carboxylic acids is 1. The molecule has 0 aliphatic heterocycles. The molecular formula is C17H23NO6. The van der Waals surface area contributed by atoms with Gasteiger partial charge in [0.1, 0.15) is 6.04 Å². The Morgan fingerprint density at radius 2 is 1.83 bits per heavy atom. The maximum Gasteiger partial charge on any atom is 0.326 e. The molecule has 24 heavy (non-hydrogen) atoms. The van der Waals surface area contributed by atoms with Crippen LogP contribution in [-0.2, 0) is 23.9 Å². The Morgan fingerprint density at radius 3 is 2.33 bits per heavy atom. The van der Waals surface area contributed by atoms with Gasteiger partial charge in [-0.2, -0.15) is 0 Å². The van der Waals surface area contributed by atoms with Crippen molar-refractivity contribution in [3.63, 3.8) is 0 Å². The van der Waals surface area contributed by atoms with Crippen molar-refractivity contribution < 1.29 is 29.0 Å². The van der Waals surface area contributed by atoms with Gasteiger partial charge in [0.15, 0.2) is 6.10 Å². The van der Waals surface area contributed by atoms with Gasteiger partial charge in [0.05, 0.1) is 12.5 Å². The number of carbonyl (C=O) groups is 3. The predicted molar refractivity (Wildman–Crippen MR) is 86.2 cm³/mol. The van der Waals surface area contributed by atoms with Crippen LogP contribution in [0.1, 0.15) is 31.9 Å². The highest BCUT2D eigenvalue weighted by Gasteiger charge is 2.29. The lowest BCUT2D eigenvalue weighted by atomic mass is 10.0. The fraction of sp³-hybridized carbons (Fsp3) is 0.471. The molecule has 1 aromatic rings. The third kappa shape index (κ3) is 5.66. The zero-order valence-corrected chi connectivity index (χ0v) is 14.0. The van der Waals surface area contributed by atoms with Crippen molar-refractivity contribution in [3.8, 4) is 0 Å². The number of nitrogens with one attached hydrogen (secondary N) is 1. The van der Waals surface area contributed by atoms with E-state index in [0.29, 0.717) is 5.56 Å². The third-order valence-corrected chi connectivity index (χ3v) is 3.47. The molecule has 0 bridgehead atoms. The van der Waals surface area contributed by atoms with Crippen LogP contribution < -0.4 is 5.32 Å². The number of esters is 1. The molecule has 1 rings (SSSR count). The third-order valence-electron chi connectivity index (χ3n) is 3.47. The van der Waals surface area contributed by atoms with Gasteiger partial charge in [-0.05, 0) is 18.9 Å². The molecule has 0 spiro atoms. The summed E-state index contributed by atoms with van der Waals surface area (Å²) in [6.07, 6.45) is -0.989. The second-order valence-corrected chi connectivity index (χ2v) is 5.31. The molecule has 132 valence electrons. The molecule has 0 saturated heterocycles. The maximum absolute atomic E-state index is 12.4. The summed E-state index contributed by atoms with van der Waals surface area (Å²) in [5, 5.41) is 11.7. The fourth-order valence-electron chi connectivity index (χ4n) is 2.23. The number of ether oxygens (including phenoxy) is 2. The summed E-state index contributed by atoms with van der Waals surface area (Å²) in [5.74, 6) is -2.94. The summed E-state index contributed by atoms with van der Waals surface area (Å²) in [4.78, 5) is 35.4. The molecule has 2 N–H and O–H groups in total. The molecule has 0 saturated carbocycles. The van der Waals surface area contributed by atoms with Crippen molar-refractivity contribution >= 4 is 17.8 Å². The average Bonchev–Trinajstić information content (AvgIpc) is 2.55. The lowest BCUT2D eigenvalue weighted by Gasteiger charge is -2.21. The first-order chi connectivity index (χ1) is 11.4. The number of hydrogen-bond acceptors (Lipinski definition) is 5. The first-order valence-electron chi connectivity index (χ1n) is 7.68. The van der Waals surface area contributed by atoms with Crippen LogP contribution in [0.2, 0.25) is 0 Å². The Hall–Kier alpha value is -2.41. The Bertz CT molecular complexity index is 559. The molecule has 3 atom stereocenters. The van der Waals surface area contributed by atoms with Crippen LogP contribution in [0.25, 0.3) is 0 Å². The van der Waals surface area contributed by atoms with Gasteiger partial charge in [-0.3, -0.25) is 9.59 Å². The first kappa shape index (κ1) is 19.6. The first-order valence-corrected chi connectivity index (χ1v) is 7.68. The van der Waals surface area contributed by atoms with Crippen LogP contribution in [-0.4, -0.2) is 42.7 Å². The van der Waals surface area contributed by atoms with Crippen molar-refractivity contribution in [1.29, 1.82) is 0 Å². The summed E-state index contributed by atoms with van der Waals surface area (Å²) in [6.45, 7) is 3.45. The number of carboxylic acid groups (broad SMARTS) is 1. The highest BCUT2D eigenvalue weighted by Crippen LogP contribution is 2.17. The van der Waals surface area contributed by atoms with Crippen molar-refractivity contribution in [2.45, 2.75) is 32.4 Å². The number of carbonyl (C=O) groups excluding carboxylic acids is 2. The monoisotopic (exact) mass is 337 g/mol. The lowest BCUT2D eigenvalue weighted by molar-refractivity contribution is -0.150. The van der Waals surface area contributed by atoms with Gasteiger partial charge in [-0.15, -0.1) is 0 Å². The summed E-state index contributed by atoms with van der Waals surface area (Å²) >= 11 is 0. The SMILES string of the molecule is CCOC(=O)[C@@H](C)C[C@@H](NC(=O)[C@H](OC)c1ccccc1)C(=O)O. The molecule has 0 unspecified atom stereocenters. The second kappa shape index (κ2) is 9.67. The van der Waals surface area contributed by atoms with Gasteiger partial charge in [-0.25, -0.2) is 4.79 Å². The highest BCUT2D eigenvalue weighted by atomic mass is 16.5. The van der Waals surface area contributed by atoms with Crippen LogP contribution >= 0.6 is 0 Å². The van der Waals surface area contributed by atoms with Gasteiger partial charge in [0, 0.05) is 7.11 Å². The summed E-state index contributed by atoms with van der Waals surface area (Å²) in [7, 11) is 1.37. The quantitative estimate of drug-likeness (QED) is 0.663. The van der Waals surface area contributed by atoms with E-state index in [1.165, 1.54) is 7.11 Å². The number of aliphatic carboxylic acids is 1. The minimum atomic E-state index is -1.22. The van der Waals surface area contributed by atoms with E-state index < -0.39 is 35.9 Å². The van der Waals surface area contributed by atoms with Gasteiger partial charge in [0.2, 0.25) is 0 Å². The molecule has 7 heteroatoms. The lowest BCUT2D eigenvalue weighted by Crippen LogP contribution is -2.45. The minimum Gasteiger partial charge on any atom is -0.480 e. The number of benzene rings is 1. The molecular weight excluding hydrogens is 314 g/mol. The molecule has 7 nitrogen and oxygen atoms in total. The summed E-state index contributed by atoms with van der Waals surface area (Å²) in [6, 6.07) is 7.53. The van der Waals surface area contributed by atoms with Crippen LogP contribution in [0.5, 0.6) is 0 Å². The Labute approximate surface area is 141 Å². The van der Waals surface area contributed by atoms with Crippen molar-refractivity contribution in [1.82, 2.24) is 5.32 Å². The predicted octanol–water partition coefficient (Wildman–Crippen LogP) is 1.53. The van der Waals surface area contributed by atoms with Gasteiger partial charge in [0.25, 0.3) is 5.91 Å². The topological polar surface area (TPSA) is 102 Å². The normalized spacial score (nSPS) is 14.3. The van der Waals surface area contributed by atoms with Gasteiger partial charge in [-0.1, -0.05) is 37.3 Å². The van der Waals surface area contributed by atoms with Crippen molar-refractivity contribution in [3.05, 3.63) is 35.9 Å². The van der Waals surface area contributed by atoms with Crippen LogP contribution in [0, 0.1) is 5.92 Å². The number of hydrogen-bond donors (Lipinski definition) is 2. The average molecular weight is 337 g/mol. The van der Waals surface area contributed by atoms with Crippen LogP contribution in [0.4, 0.5) is 0 Å². The molecule has 0 aliphatic carbocycles. The molecule has 1 amide bonds. The smallest absolute Gasteiger partial charge is 0.326 e. The fourth-order valence-corrected chi connectivity index (χ4v) is 2.23. The molecule has 0 aromatic heterocycles. The van der Waals surface area contributed by atoms with Gasteiger partial charge < -0.3 is 19.9 Å². The standard InChI is InChI=1S/C17H23NO6/c1-4-24-17(22)11(2)10-13(16(20)21)18-15(19)14(23-3)12-8-6-5-7-9-12/h5-9,11,13-14H,4,10H2,1-3H3,(H,18,19)(H,20,21)/t11-,13+,14+/m0/s1. The maximum atomic E-state index is 12.4. The number of rotatable bonds is 9. The van der Waals surface area contributed by atoms with Gasteiger partial charge >= 0.3 is 11.9 Å². The minimum absolute atomic E-state index is 0.0644. The summed E-state index contributed by atoms with van der Waals surface area (Å²) in [5.41, 5.74) is 0.611. The molecule has 0 fully saturated rings. The Balaban J connectivity index is 2.78. The van der Waals surface area contributed by atoms with E-state index in [4.69, 9.17) is 9.47 Å². The Morgan fingerprint density at radius 1 is 1.21 bits per heavy atom. The van der Waals surface area contributed by atoms with Crippen molar-refractivity contribution in [2.75, 3.05) is 13.7 Å².